The molecule has 4 atom stereocenters. The van der Waals surface area contributed by atoms with E-state index in [-0.39, 0.29) is 0 Å². The molecule has 2 heterocycles. The number of nitrogens with zero attached hydrogens (tertiary/aromatic N) is 2. The molecule has 0 spiro atoms. The van der Waals surface area contributed by atoms with Gasteiger partial charge in [-0.2, -0.15) is 0 Å². The monoisotopic (exact) mass is 344 g/mol. The highest BCUT2D eigenvalue weighted by atomic mass is 14.8. The van der Waals surface area contributed by atoms with Crippen molar-refractivity contribution in [2.24, 2.45) is 22.7 Å². The minimum Gasteiger partial charge on any atom is -0.254 e. The van der Waals surface area contributed by atoms with Crippen LogP contribution in [0.15, 0.2) is 24.5 Å². The average Bonchev–Trinajstić information content (AvgIpc) is 2.65. The standard InChI is InChI=1S/C24H28N2/c1-23(2)16-6-14-11-25-22(10-17(14)19(23)8-16)21-7-13-5-15-9-20(24(15,3)4)18(13)12-26-21/h7,10-12,15-16,19-20H,5-6,8-9H2,1-4H3/t15-,16-,19-,20-/m0/s1. The molecule has 2 fully saturated rings. The second-order valence-corrected chi connectivity index (χ2v) is 10.6. The highest BCUT2D eigenvalue weighted by Gasteiger charge is 2.53. The van der Waals surface area contributed by atoms with Gasteiger partial charge in [0.25, 0.3) is 0 Å². The summed E-state index contributed by atoms with van der Waals surface area (Å²) >= 11 is 0. The van der Waals surface area contributed by atoms with Crippen LogP contribution >= 0.6 is 0 Å². The number of pyridine rings is 2. The van der Waals surface area contributed by atoms with E-state index in [1.807, 2.05) is 0 Å². The molecule has 2 saturated carbocycles. The molecule has 0 saturated heterocycles. The zero-order valence-corrected chi connectivity index (χ0v) is 16.3. The molecule has 0 amide bonds. The van der Waals surface area contributed by atoms with Crippen molar-refractivity contribution in [2.75, 3.05) is 0 Å². The molecule has 0 N–H and O–H groups in total. The van der Waals surface area contributed by atoms with Gasteiger partial charge in [0, 0.05) is 12.4 Å². The van der Waals surface area contributed by atoms with E-state index in [4.69, 9.17) is 9.97 Å². The maximum absolute atomic E-state index is 4.86. The zero-order valence-electron chi connectivity index (χ0n) is 16.3. The Kier molecular flexibility index (Phi) is 2.71. The topological polar surface area (TPSA) is 25.8 Å². The van der Waals surface area contributed by atoms with Crippen LogP contribution in [0.4, 0.5) is 0 Å². The van der Waals surface area contributed by atoms with Gasteiger partial charge in [0.1, 0.15) is 0 Å². The summed E-state index contributed by atoms with van der Waals surface area (Å²) in [5, 5.41) is 0. The molecule has 2 aromatic rings. The lowest BCUT2D eigenvalue weighted by Crippen LogP contribution is -2.48. The van der Waals surface area contributed by atoms with Crippen LogP contribution in [-0.2, 0) is 12.8 Å². The molecule has 4 bridgehead atoms. The van der Waals surface area contributed by atoms with Gasteiger partial charge >= 0.3 is 0 Å². The maximum Gasteiger partial charge on any atom is 0.0889 e. The molecule has 2 nitrogen and oxygen atoms in total. The van der Waals surface area contributed by atoms with Gasteiger partial charge in [-0.1, -0.05) is 27.7 Å². The molecule has 0 aliphatic heterocycles. The maximum atomic E-state index is 4.86. The minimum absolute atomic E-state index is 0.460. The molecule has 2 aromatic heterocycles. The summed E-state index contributed by atoms with van der Waals surface area (Å²) in [4.78, 5) is 9.67. The molecule has 0 aromatic carbocycles. The Labute approximate surface area is 156 Å². The van der Waals surface area contributed by atoms with Gasteiger partial charge in [-0.15, -0.1) is 0 Å². The lowest BCUT2D eigenvalue weighted by atomic mass is 9.47. The summed E-state index contributed by atoms with van der Waals surface area (Å²) in [7, 11) is 0. The minimum atomic E-state index is 0.460. The van der Waals surface area contributed by atoms with Crippen LogP contribution in [0.3, 0.4) is 0 Å². The summed E-state index contributed by atoms with van der Waals surface area (Å²) < 4.78 is 0. The zero-order chi connectivity index (χ0) is 17.8. The van der Waals surface area contributed by atoms with Gasteiger partial charge in [-0.25, -0.2) is 0 Å². The predicted molar refractivity (Wildman–Crippen MR) is 104 cm³/mol. The summed E-state index contributed by atoms with van der Waals surface area (Å²) in [5.74, 6) is 3.12. The lowest BCUT2D eigenvalue weighted by molar-refractivity contribution is 0.0182. The molecule has 0 radical (unpaired) electrons. The highest BCUT2D eigenvalue weighted by Crippen LogP contribution is 2.63. The van der Waals surface area contributed by atoms with Gasteiger partial charge in [0.15, 0.2) is 0 Å². The van der Waals surface area contributed by atoms with Crippen molar-refractivity contribution >= 4 is 0 Å². The van der Waals surface area contributed by atoms with E-state index in [9.17, 15) is 0 Å². The summed E-state index contributed by atoms with van der Waals surface area (Å²) in [6.07, 6.45) is 9.45. The Balaban J connectivity index is 1.40. The lowest BCUT2D eigenvalue weighted by Gasteiger charge is -2.57. The SMILES string of the molecule is CC1(C)[C@H]2Cc3cc(-c4cc5c(cn4)C[C@H]4C[C@@H]5C4(C)C)ncc3[C@@H]1C2. The quantitative estimate of drug-likeness (QED) is 0.681. The van der Waals surface area contributed by atoms with E-state index in [1.54, 1.807) is 5.56 Å². The number of rotatable bonds is 1. The summed E-state index contributed by atoms with van der Waals surface area (Å²) in [6, 6.07) is 4.70. The fourth-order valence-corrected chi connectivity index (χ4v) is 6.58. The van der Waals surface area contributed by atoms with Gasteiger partial charge in [-0.05, 0) is 94.6 Å². The number of hydrogen-bond acceptors (Lipinski definition) is 2. The Morgan fingerprint density at radius 3 is 2.00 bits per heavy atom. The smallest absolute Gasteiger partial charge is 0.0889 e. The van der Waals surface area contributed by atoms with Gasteiger partial charge < -0.3 is 0 Å². The third kappa shape index (κ3) is 1.74. The van der Waals surface area contributed by atoms with E-state index < -0.39 is 0 Å². The van der Waals surface area contributed by atoms with Crippen molar-refractivity contribution in [3.05, 3.63) is 46.8 Å². The third-order valence-corrected chi connectivity index (χ3v) is 8.93. The van der Waals surface area contributed by atoms with E-state index >= 15 is 0 Å². The first-order chi connectivity index (χ1) is 12.4. The van der Waals surface area contributed by atoms with Crippen LogP contribution in [0, 0.1) is 22.7 Å². The molecule has 2 heteroatoms. The molecule has 6 aliphatic rings. The first-order valence-corrected chi connectivity index (χ1v) is 10.3. The van der Waals surface area contributed by atoms with Crippen LogP contribution in [0.25, 0.3) is 11.4 Å². The van der Waals surface area contributed by atoms with Gasteiger partial charge in [0.05, 0.1) is 11.4 Å². The normalized spacial score (nSPS) is 34.2. The van der Waals surface area contributed by atoms with E-state index in [1.165, 1.54) is 42.4 Å². The Hall–Kier alpha value is -1.70. The Morgan fingerprint density at radius 2 is 1.31 bits per heavy atom. The van der Waals surface area contributed by atoms with E-state index in [0.29, 0.717) is 22.7 Å². The van der Waals surface area contributed by atoms with Crippen molar-refractivity contribution in [3.63, 3.8) is 0 Å². The Bertz CT molecular complexity index is 939. The molecular formula is C24H28N2. The molecule has 134 valence electrons. The van der Waals surface area contributed by atoms with Crippen LogP contribution in [0.1, 0.15) is 74.6 Å². The number of hydrogen-bond donors (Lipinski definition) is 0. The molecule has 8 rings (SSSR count). The van der Waals surface area contributed by atoms with Crippen LogP contribution in [0.2, 0.25) is 0 Å². The first kappa shape index (κ1) is 15.4. The third-order valence-electron chi connectivity index (χ3n) is 8.93. The van der Waals surface area contributed by atoms with Crippen molar-refractivity contribution in [3.8, 4) is 11.4 Å². The van der Waals surface area contributed by atoms with Gasteiger partial charge in [-0.3, -0.25) is 9.97 Å². The second-order valence-electron chi connectivity index (χ2n) is 10.6. The first-order valence-electron chi connectivity index (χ1n) is 10.3. The van der Waals surface area contributed by atoms with E-state index in [0.717, 1.165) is 23.2 Å². The summed E-state index contributed by atoms with van der Waals surface area (Å²) in [5.41, 5.74) is 9.13. The van der Waals surface area contributed by atoms with Gasteiger partial charge in [0.2, 0.25) is 0 Å². The molecule has 26 heavy (non-hydrogen) atoms. The van der Waals surface area contributed by atoms with Crippen molar-refractivity contribution in [1.82, 2.24) is 9.97 Å². The second kappa shape index (κ2) is 4.58. The highest BCUT2D eigenvalue weighted by molar-refractivity contribution is 5.60. The van der Waals surface area contributed by atoms with E-state index in [2.05, 4.69) is 52.2 Å². The molecular weight excluding hydrogens is 316 g/mol. The van der Waals surface area contributed by atoms with Crippen molar-refractivity contribution in [1.29, 1.82) is 0 Å². The van der Waals surface area contributed by atoms with Crippen molar-refractivity contribution in [2.45, 2.75) is 65.2 Å². The van der Waals surface area contributed by atoms with Crippen LogP contribution in [-0.4, -0.2) is 9.97 Å². The largest absolute Gasteiger partial charge is 0.254 e. The van der Waals surface area contributed by atoms with Crippen LogP contribution in [0.5, 0.6) is 0 Å². The Morgan fingerprint density at radius 1 is 0.731 bits per heavy atom. The number of aromatic nitrogens is 2. The molecule has 6 aliphatic carbocycles. The van der Waals surface area contributed by atoms with Crippen molar-refractivity contribution < 1.29 is 0 Å². The average molecular weight is 345 g/mol. The fourth-order valence-electron chi connectivity index (χ4n) is 6.58. The summed E-state index contributed by atoms with van der Waals surface area (Å²) in [6.45, 7) is 9.75. The van der Waals surface area contributed by atoms with Crippen LogP contribution < -0.4 is 0 Å². The fraction of sp³-hybridized carbons (Fsp3) is 0.583. The predicted octanol–water partition coefficient (Wildman–Crippen LogP) is 5.52. The molecule has 0 unspecified atom stereocenters.